The minimum Gasteiger partial charge on any atom is -0.481 e. The van der Waals surface area contributed by atoms with E-state index in [1.54, 1.807) is 0 Å². The number of hydrogen-bond acceptors (Lipinski definition) is 3. The monoisotopic (exact) mass is 266 g/mol. The Bertz CT molecular complexity index is 354. The maximum absolute atomic E-state index is 12.0. The molecule has 1 saturated carbocycles. The molecule has 0 aromatic heterocycles. The van der Waals surface area contributed by atoms with Gasteiger partial charge in [0.25, 0.3) is 0 Å². The van der Waals surface area contributed by atoms with Gasteiger partial charge in [-0.3, -0.25) is 9.59 Å². The molecule has 1 aliphatic rings. The molecule has 0 aliphatic heterocycles. The largest absolute Gasteiger partial charge is 0.481 e. The number of unbranched alkanes of at least 4 members (excludes halogenated alkanes) is 3. The van der Waals surface area contributed by atoms with Gasteiger partial charge in [-0.1, -0.05) is 25.7 Å². The van der Waals surface area contributed by atoms with Gasteiger partial charge in [-0.2, -0.15) is 5.26 Å². The molecular weight excluding hydrogens is 244 g/mol. The van der Waals surface area contributed by atoms with Gasteiger partial charge in [0.1, 0.15) is 5.41 Å². The van der Waals surface area contributed by atoms with Crippen molar-refractivity contribution in [3.63, 3.8) is 0 Å². The average molecular weight is 266 g/mol. The Morgan fingerprint density at radius 2 is 1.79 bits per heavy atom. The predicted molar refractivity (Wildman–Crippen MR) is 70.2 cm³/mol. The highest BCUT2D eigenvalue weighted by atomic mass is 16.4. The highest BCUT2D eigenvalue weighted by Crippen LogP contribution is 2.37. The van der Waals surface area contributed by atoms with Crippen LogP contribution in [0.3, 0.4) is 0 Å². The van der Waals surface area contributed by atoms with Crippen LogP contribution < -0.4 is 5.32 Å². The van der Waals surface area contributed by atoms with Crippen LogP contribution in [0.1, 0.15) is 57.8 Å². The Kier molecular flexibility index (Phi) is 6.34. The number of carboxylic acid groups (broad SMARTS) is 1. The van der Waals surface area contributed by atoms with Gasteiger partial charge < -0.3 is 10.4 Å². The van der Waals surface area contributed by atoms with Crippen molar-refractivity contribution in [3.8, 4) is 6.07 Å². The van der Waals surface area contributed by atoms with Crippen molar-refractivity contribution in [2.75, 3.05) is 6.54 Å². The van der Waals surface area contributed by atoms with Crippen LogP contribution in [0.4, 0.5) is 0 Å². The summed E-state index contributed by atoms with van der Waals surface area (Å²) >= 11 is 0. The molecule has 0 atom stereocenters. The molecule has 1 rings (SSSR count). The molecule has 5 nitrogen and oxygen atoms in total. The quantitative estimate of drug-likeness (QED) is 0.659. The van der Waals surface area contributed by atoms with Crippen molar-refractivity contribution >= 4 is 11.9 Å². The highest BCUT2D eigenvalue weighted by molar-refractivity contribution is 5.85. The van der Waals surface area contributed by atoms with Crippen LogP contribution in [0.15, 0.2) is 0 Å². The fourth-order valence-corrected chi connectivity index (χ4v) is 2.49. The zero-order chi connectivity index (χ0) is 14.1. The normalized spacial score (nSPS) is 16.8. The number of carbonyl (C=O) groups is 2. The van der Waals surface area contributed by atoms with E-state index in [9.17, 15) is 9.59 Å². The first-order valence-corrected chi connectivity index (χ1v) is 7.02. The second-order valence-electron chi connectivity index (χ2n) is 5.21. The van der Waals surface area contributed by atoms with Gasteiger partial charge in [-0.25, -0.2) is 0 Å². The number of carboxylic acids is 1. The van der Waals surface area contributed by atoms with Gasteiger partial charge in [-0.15, -0.1) is 0 Å². The zero-order valence-electron chi connectivity index (χ0n) is 11.3. The molecule has 0 radical (unpaired) electrons. The van der Waals surface area contributed by atoms with Crippen molar-refractivity contribution in [1.29, 1.82) is 5.26 Å². The second-order valence-corrected chi connectivity index (χ2v) is 5.21. The fraction of sp³-hybridized carbons (Fsp3) is 0.786. The van der Waals surface area contributed by atoms with Gasteiger partial charge in [0, 0.05) is 13.0 Å². The number of nitriles is 1. The molecule has 0 aromatic rings. The van der Waals surface area contributed by atoms with Gasteiger partial charge in [-0.05, 0) is 25.7 Å². The lowest BCUT2D eigenvalue weighted by atomic mass is 9.87. The maximum Gasteiger partial charge on any atom is 0.303 e. The van der Waals surface area contributed by atoms with E-state index in [-0.39, 0.29) is 12.3 Å². The van der Waals surface area contributed by atoms with Crippen LogP contribution in [0.2, 0.25) is 0 Å². The van der Waals surface area contributed by atoms with Crippen molar-refractivity contribution in [3.05, 3.63) is 0 Å². The van der Waals surface area contributed by atoms with Crippen LogP contribution in [-0.4, -0.2) is 23.5 Å². The Morgan fingerprint density at radius 3 is 2.37 bits per heavy atom. The summed E-state index contributed by atoms with van der Waals surface area (Å²) in [6.07, 6.45) is 6.77. The van der Waals surface area contributed by atoms with E-state index in [0.717, 1.165) is 32.1 Å². The number of rotatable bonds is 8. The molecule has 2 N–H and O–H groups in total. The number of hydrogen-bond donors (Lipinski definition) is 2. The lowest BCUT2D eigenvalue weighted by molar-refractivity contribution is -0.137. The number of amides is 1. The van der Waals surface area contributed by atoms with E-state index in [4.69, 9.17) is 10.4 Å². The molecule has 0 unspecified atom stereocenters. The summed E-state index contributed by atoms with van der Waals surface area (Å²) in [5.74, 6) is -0.886. The summed E-state index contributed by atoms with van der Waals surface area (Å²) in [5, 5.41) is 20.5. The van der Waals surface area contributed by atoms with E-state index < -0.39 is 11.4 Å². The average Bonchev–Trinajstić information content (AvgIpc) is 2.87. The third-order valence-corrected chi connectivity index (χ3v) is 3.71. The first-order chi connectivity index (χ1) is 9.10. The minimum absolute atomic E-state index is 0.127. The van der Waals surface area contributed by atoms with Crippen molar-refractivity contribution in [2.45, 2.75) is 57.8 Å². The second kappa shape index (κ2) is 7.78. The van der Waals surface area contributed by atoms with E-state index in [1.165, 1.54) is 0 Å². The lowest BCUT2D eigenvalue weighted by Crippen LogP contribution is -2.38. The summed E-state index contributed by atoms with van der Waals surface area (Å²) in [7, 11) is 0. The molecule has 106 valence electrons. The Morgan fingerprint density at radius 1 is 1.16 bits per heavy atom. The Hall–Kier alpha value is -1.57. The molecule has 0 spiro atoms. The predicted octanol–water partition coefficient (Wildman–Crippen LogP) is 2.22. The Labute approximate surface area is 114 Å². The summed E-state index contributed by atoms with van der Waals surface area (Å²) in [6, 6.07) is 2.17. The Balaban J connectivity index is 2.11. The summed E-state index contributed by atoms with van der Waals surface area (Å²) in [5.41, 5.74) is -0.788. The smallest absolute Gasteiger partial charge is 0.303 e. The maximum atomic E-state index is 12.0. The minimum atomic E-state index is -0.788. The molecule has 0 bridgehead atoms. The summed E-state index contributed by atoms with van der Waals surface area (Å²) < 4.78 is 0. The number of carbonyl (C=O) groups excluding carboxylic acids is 1. The van der Waals surface area contributed by atoms with Crippen LogP contribution >= 0.6 is 0 Å². The molecule has 1 amide bonds. The standard InChI is InChI=1S/C14H22N2O3/c15-11-14(8-4-5-9-14)13(19)16-10-6-2-1-3-7-12(17)18/h1-10H2,(H,16,19)(H,17,18). The molecular formula is C14H22N2O3. The van der Waals surface area contributed by atoms with Crippen LogP contribution in [0.5, 0.6) is 0 Å². The highest BCUT2D eigenvalue weighted by Gasteiger charge is 2.41. The van der Waals surface area contributed by atoms with Crippen LogP contribution in [-0.2, 0) is 9.59 Å². The molecule has 5 heteroatoms. The van der Waals surface area contributed by atoms with E-state index in [1.807, 2.05) is 0 Å². The molecule has 1 fully saturated rings. The number of nitrogens with one attached hydrogen (secondary N) is 1. The van der Waals surface area contributed by atoms with Crippen molar-refractivity contribution in [2.24, 2.45) is 5.41 Å². The first-order valence-electron chi connectivity index (χ1n) is 7.02. The van der Waals surface area contributed by atoms with Crippen molar-refractivity contribution in [1.82, 2.24) is 5.32 Å². The topological polar surface area (TPSA) is 90.2 Å². The van der Waals surface area contributed by atoms with E-state index in [0.29, 0.717) is 25.8 Å². The number of nitrogens with zero attached hydrogens (tertiary/aromatic N) is 1. The molecule has 0 aromatic carbocycles. The van der Waals surface area contributed by atoms with Gasteiger partial charge in [0.15, 0.2) is 0 Å². The first kappa shape index (κ1) is 15.5. The van der Waals surface area contributed by atoms with E-state index >= 15 is 0 Å². The summed E-state index contributed by atoms with van der Waals surface area (Å²) in [6.45, 7) is 0.579. The lowest BCUT2D eigenvalue weighted by Gasteiger charge is -2.19. The van der Waals surface area contributed by atoms with E-state index in [2.05, 4.69) is 11.4 Å². The number of aliphatic carboxylic acids is 1. The fourth-order valence-electron chi connectivity index (χ4n) is 2.49. The zero-order valence-corrected chi connectivity index (χ0v) is 11.3. The molecule has 0 saturated heterocycles. The van der Waals surface area contributed by atoms with Gasteiger partial charge in [0.2, 0.25) is 5.91 Å². The third-order valence-electron chi connectivity index (χ3n) is 3.71. The van der Waals surface area contributed by atoms with Gasteiger partial charge >= 0.3 is 5.97 Å². The van der Waals surface area contributed by atoms with Crippen LogP contribution in [0, 0.1) is 16.7 Å². The van der Waals surface area contributed by atoms with Crippen LogP contribution in [0.25, 0.3) is 0 Å². The van der Waals surface area contributed by atoms with Crippen molar-refractivity contribution < 1.29 is 14.7 Å². The SMILES string of the molecule is N#CC1(C(=O)NCCCCCCC(=O)O)CCCC1. The molecule has 1 aliphatic carbocycles. The third kappa shape index (κ3) is 4.90. The molecule has 0 heterocycles. The van der Waals surface area contributed by atoms with Gasteiger partial charge in [0.05, 0.1) is 6.07 Å². The summed E-state index contributed by atoms with van der Waals surface area (Å²) in [4.78, 5) is 22.3. The molecule has 19 heavy (non-hydrogen) atoms.